The third-order valence-electron chi connectivity index (χ3n) is 1.59. The van der Waals surface area contributed by atoms with E-state index in [0.717, 1.165) is 6.07 Å². The van der Waals surface area contributed by atoms with Crippen LogP contribution < -0.4 is 5.46 Å². The van der Waals surface area contributed by atoms with E-state index in [2.05, 4.69) is 0 Å². The fourth-order valence-electron chi connectivity index (χ4n) is 0.924. The van der Waals surface area contributed by atoms with Crippen molar-refractivity contribution in [2.24, 2.45) is 0 Å². The first-order chi connectivity index (χ1) is 6.38. The standard InChI is InChI=1S/C7H2BClF4N/c9-6-2-1-5(8(11,12)13)7(10)4(6)3-14/h1-2H/q-1. The molecule has 0 saturated heterocycles. The first kappa shape index (κ1) is 10.9. The average molecular weight is 222 g/mol. The van der Waals surface area contributed by atoms with Gasteiger partial charge in [-0.2, -0.15) is 5.26 Å². The Morgan fingerprint density at radius 1 is 1.29 bits per heavy atom. The molecule has 14 heavy (non-hydrogen) atoms. The van der Waals surface area contributed by atoms with E-state index in [9.17, 15) is 17.3 Å². The molecule has 0 heterocycles. The molecule has 0 aliphatic heterocycles. The third-order valence-corrected chi connectivity index (χ3v) is 1.90. The molecular formula is C7H2BClF4N-. The van der Waals surface area contributed by atoms with E-state index in [-0.39, 0.29) is 5.02 Å². The summed E-state index contributed by atoms with van der Waals surface area (Å²) in [6.45, 7) is -5.46. The molecule has 1 aromatic rings. The van der Waals surface area contributed by atoms with Crippen molar-refractivity contribution >= 4 is 24.0 Å². The number of halogens is 5. The quantitative estimate of drug-likeness (QED) is 0.529. The second-order valence-corrected chi connectivity index (χ2v) is 2.92. The molecular weight excluding hydrogens is 220 g/mol. The molecule has 0 amide bonds. The van der Waals surface area contributed by atoms with E-state index in [4.69, 9.17) is 16.9 Å². The van der Waals surface area contributed by atoms with Crippen LogP contribution in [0.25, 0.3) is 0 Å². The molecule has 0 aromatic heterocycles. The Morgan fingerprint density at radius 2 is 1.86 bits per heavy atom. The van der Waals surface area contributed by atoms with Crippen LogP contribution in [0.2, 0.25) is 5.02 Å². The van der Waals surface area contributed by atoms with Gasteiger partial charge in [0.05, 0.1) is 5.02 Å². The third kappa shape index (κ3) is 1.83. The van der Waals surface area contributed by atoms with Gasteiger partial charge in [0, 0.05) is 0 Å². The summed E-state index contributed by atoms with van der Waals surface area (Å²) in [4.78, 5) is 0. The molecule has 1 nitrogen and oxygen atoms in total. The van der Waals surface area contributed by atoms with Gasteiger partial charge in [0.2, 0.25) is 0 Å². The molecule has 0 aliphatic carbocycles. The van der Waals surface area contributed by atoms with Crippen LogP contribution in [-0.2, 0) is 0 Å². The second-order valence-electron chi connectivity index (χ2n) is 2.51. The summed E-state index contributed by atoms with van der Waals surface area (Å²) in [7, 11) is 0. The van der Waals surface area contributed by atoms with Gasteiger partial charge in [-0.3, -0.25) is 0 Å². The van der Waals surface area contributed by atoms with E-state index >= 15 is 0 Å². The molecule has 0 aliphatic rings. The summed E-state index contributed by atoms with van der Waals surface area (Å²) in [5.41, 5.74) is -2.20. The van der Waals surface area contributed by atoms with Crippen LogP contribution in [-0.4, -0.2) is 6.98 Å². The lowest BCUT2D eigenvalue weighted by Gasteiger charge is -2.16. The fourth-order valence-corrected chi connectivity index (χ4v) is 1.11. The number of nitriles is 1. The van der Waals surface area contributed by atoms with Gasteiger partial charge in [-0.1, -0.05) is 23.1 Å². The average Bonchev–Trinajstić information content (AvgIpc) is 2.02. The second kappa shape index (κ2) is 3.50. The van der Waals surface area contributed by atoms with Crippen LogP contribution in [0.5, 0.6) is 0 Å². The highest BCUT2D eigenvalue weighted by Crippen LogP contribution is 2.20. The molecule has 0 saturated carbocycles. The highest BCUT2D eigenvalue weighted by atomic mass is 35.5. The molecule has 0 fully saturated rings. The van der Waals surface area contributed by atoms with Crippen LogP contribution in [0, 0.1) is 17.1 Å². The Labute approximate surface area is 82.0 Å². The molecule has 74 valence electrons. The lowest BCUT2D eigenvalue weighted by molar-refractivity contribution is 0.494. The lowest BCUT2D eigenvalue weighted by Crippen LogP contribution is -2.37. The van der Waals surface area contributed by atoms with Gasteiger partial charge in [-0.05, 0) is 6.07 Å². The van der Waals surface area contributed by atoms with Crippen LogP contribution in [0.3, 0.4) is 0 Å². The van der Waals surface area contributed by atoms with Crippen LogP contribution in [0.15, 0.2) is 12.1 Å². The number of nitrogens with zero attached hydrogens (tertiary/aromatic N) is 1. The molecule has 1 aromatic carbocycles. The Bertz CT molecular complexity index is 409. The van der Waals surface area contributed by atoms with Gasteiger partial charge in [0.15, 0.2) is 0 Å². The summed E-state index contributed by atoms with van der Waals surface area (Å²) < 4.78 is 49.5. The summed E-state index contributed by atoms with van der Waals surface area (Å²) in [6.07, 6.45) is 0. The van der Waals surface area contributed by atoms with Crippen molar-refractivity contribution in [3.8, 4) is 6.07 Å². The maximum Gasteiger partial charge on any atom is 0.512 e. The Hall–Kier alpha value is -1.22. The van der Waals surface area contributed by atoms with Crippen LogP contribution in [0.1, 0.15) is 5.56 Å². The summed E-state index contributed by atoms with van der Waals surface area (Å²) >= 11 is 5.33. The molecule has 0 unspecified atom stereocenters. The zero-order valence-corrected chi connectivity index (χ0v) is 7.33. The number of hydrogen-bond donors (Lipinski definition) is 0. The molecule has 0 N–H and O–H groups in total. The Morgan fingerprint density at radius 3 is 2.29 bits per heavy atom. The van der Waals surface area contributed by atoms with Crippen molar-refractivity contribution in [2.45, 2.75) is 0 Å². The van der Waals surface area contributed by atoms with Crippen molar-refractivity contribution in [1.29, 1.82) is 5.26 Å². The predicted molar refractivity (Wildman–Crippen MR) is 44.8 cm³/mol. The van der Waals surface area contributed by atoms with Crippen molar-refractivity contribution < 1.29 is 17.3 Å². The first-order valence-corrected chi connectivity index (χ1v) is 3.83. The zero-order valence-electron chi connectivity index (χ0n) is 6.57. The van der Waals surface area contributed by atoms with Crippen molar-refractivity contribution in [1.82, 2.24) is 0 Å². The normalized spacial score (nSPS) is 11.1. The minimum absolute atomic E-state index is 0.325. The van der Waals surface area contributed by atoms with Gasteiger partial charge in [0.1, 0.15) is 17.4 Å². The Kier molecular flexibility index (Phi) is 2.72. The molecule has 1 rings (SSSR count). The van der Waals surface area contributed by atoms with Gasteiger partial charge in [0.25, 0.3) is 0 Å². The maximum absolute atomic E-state index is 13.0. The number of benzene rings is 1. The van der Waals surface area contributed by atoms with E-state index in [1.165, 1.54) is 6.07 Å². The molecule has 0 radical (unpaired) electrons. The number of hydrogen-bond acceptors (Lipinski definition) is 1. The molecule has 7 heteroatoms. The van der Waals surface area contributed by atoms with Crippen molar-refractivity contribution in [2.75, 3.05) is 0 Å². The zero-order chi connectivity index (χ0) is 10.9. The van der Waals surface area contributed by atoms with Crippen molar-refractivity contribution in [3.63, 3.8) is 0 Å². The fraction of sp³-hybridized carbons (Fsp3) is 0. The summed E-state index contributed by atoms with van der Waals surface area (Å²) in [6, 6.07) is 2.66. The SMILES string of the molecule is N#Cc1c(Cl)ccc([B-](F)(F)F)c1F. The largest absolute Gasteiger partial charge is 0.512 e. The number of rotatable bonds is 1. The van der Waals surface area contributed by atoms with Gasteiger partial charge in [-0.15, -0.1) is 0 Å². The lowest BCUT2D eigenvalue weighted by atomic mass is 9.79. The monoisotopic (exact) mass is 222 g/mol. The smallest absolute Gasteiger partial charge is 0.445 e. The van der Waals surface area contributed by atoms with Crippen LogP contribution >= 0.6 is 11.6 Å². The highest BCUT2D eigenvalue weighted by molar-refractivity contribution is 6.73. The van der Waals surface area contributed by atoms with Gasteiger partial charge < -0.3 is 12.9 Å². The molecule has 0 bridgehead atoms. The molecule has 0 spiro atoms. The summed E-state index contributed by atoms with van der Waals surface area (Å²) in [5, 5.41) is 8.03. The van der Waals surface area contributed by atoms with E-state index in [1.54, 1.807) is 0 Å². The Balaban J connectivity index is 3.46. The van der Waals surface area contributed by atoms with E-state index < -0.39 is 23.8 Å². The maximum atomic E-state index is 13.0. The van der Waals surface area contributed by atoms with Gasteiger partial charge in [-0.25, -0.2) is 4.39 Å². The van der Waals surface area contributed by atoms with Gasteiger partial charge >= 0.3 is 6.98 Å². The minimum atomic E-state index is -5.46. The molecule has 0 atom stereocenters. The minimum Gasteiger partial charge on any atom is -0.445 e. The van der Waals surface area contributed by atoms with Crippen LogP contribution in [0.4, 0.5) is 17.3 Å². The first-order valence-electron chi connectivity index (χ1n) is 3.46. The van der Waals surface area contributed by atoms with E-state index in [1.807, 2.05) is 0 Å². The predicted octanol–water partition coefficient (Wildman–Crippen LogP) is 2.41. The van der Waals surface area contributed by atoms with Crippen molar-refractivity contribution in [3.05, 3.63) is 28.5 Å². The topological polar surface area (TPSA) is 23.8 Å². The highest BCUT2D eigenvalue weighted by Gasteiger charge is 2.30. The van der Waals surface area contributed by atoms with E-state index in [0.29, 0.717) is 6.07 Å². The summed E-state index contributed by atoms with van der Waals surface area (Å²) in [5.74, 6) is -1.60.